The summed E-state index contributed by atoms with van der Waals surface area (Å²) in [7, 11) is 0. The largest absolute Gasteiger partial charge is 0.463 e. The Kier molecular flexibility index (Phi) is 6.90. The molecule has 0 radical (unpaired) electrons. The second-order valence-electron chi connectivity index (χ2n) is 7.53. The number of esters is 1. The molecule has 2 fully saturated rings. The summed E-state index contributed by atoms with van der Waals surface area (Å²) < 4.78 is 10.6. The third-order valence-electron chi connectivity index (χ3n) is 5.18. The lowest BCUT2D eigenvalue weighted by molar-refractivity contribution is -0.147. The monoisotopic (exact) mass is 340 g/mol. The van der Waals surface area contributed by atoms with E-state index in [-0.39, 0.29) is 24.1 Å². The molecule has 0 aromatic rings. The van der Waals surface area contributed by atoms with E-state index in [9.17, 15) is 9.59 Å². The molecule has 0 saturated carbocycles. The number of urea groups is 1. The maximum atomic E-state index is 12.4. The van der Waals surface area contributed by atoms with Crippen molar-refractivity contribution in [1.29, 1.82) is 0 Å². The molecule has 2 heterocycles. The lowest BCUT2D eigenvalue weighted by Gasteiger charge is -2.44. The number of amides is 2. The molecule has 0 aliphatic carbocycles. The Labute approximate surface area is 145 Å². The molecule has 2 rings (SSSR count). The lowest BCUT2D eigenvalue weighted by Crippen LogP contribution is -2.50. The summed E-state index contributed by atoms with van der Waals surface area (Å²) in [5.74, 6) is -0.203. The minimum atomic E-state index is -0.203. The van der Waals surface area contributed by atoms with Gasteiger partial charge in [-0.05, 0) is 58.3 Å². The first kappa shape index (κ1) is 19.0. The third-order valence-corrected chi connectivity index (χ3v) is 5.18. The minimum absolute atomic E-state index is 0.0124. The van der Waals surface area contributed by atoms with E-state index in [0.717, 1.165) is 52.0 Å². The number of rotatable bonds is 5. The van der Waals surface area contributed by atoms with Crippen molar-refractivity contribution in [3.05, 3.63) is 0 Å². The van der Waals surface area contributed by atoms with Gasteiger partial charge in [-0.2, -0.15) is 0 Å². The molecule has 6 nitrogen and oxygen atoms in total. The van der Waals surface area contributed by atoms with Gasteiger partial charge in [0.25, 0.3) is 0 Å². The van der Waals surface area contributed by atoms with Crippen LogP contribution in [0.3, 0.4) is 0 Å². The van der Waals surface area contributed by atoms with Crippen molar-refractivity contribution in [1.82, 2.24) is 10.2 Å². The smallest absolute Gasteiger partial charge is 0.317 e. The van der Waals surface area contributed by atoms with Gasteiger partial charge in [-0.15, -0.1) is 0 Å². The number of nitrogens with one attached hydrogen (secondary N) is 1. The van der Waals surface area contributed by atoms with E-state index in [0.29, 0.717) is 18.3 Å². The van der Waals surface area contributed by atoms with Gasteiger partial charge >= 0.3 is 12.0 Å². The summed E-state index contributed by atoms with van der Waals surface area (Å²) in [4.78, 5) is 25.8. The Morgan fingerprint density at radius 1 is 1.12 bits per heavy atom. The van der Waals surface area contributed by atoms with Crippen molar-refractivity contribution >= 4 is 12.0 Å². The number of piperidine rings is 1. The zero-order valence-corrected chi connectivity index (χ0v) is 15.3. The molecule has 0 unspecified atom stereocenters. The fourth-order valence-corrected chi connectivity index (χ4v) is 3.52. The molecular formula is C18H32N2O4. The molecule has 0 bridgehead atoms. The molecule has 1 spiro atoms. The van der Waals surface area contributed by atoms with Gasteiger partial charge in [0, 0.05) is 38.8 Å². The van der Waals surface area contributed by atoms with E-state index >= 15 is 0 Å². The molecular weight excluding hydrogens is 308 g/mol. The van der Waals surface area contributed by atoms with Crippen molar-refractivity contribution in [2.24, 2.45) is 5.41 Å². The summed E-state index contributed by atoms with van der Waals surface area (Å²) in [5.41, 5.74) is 0.390. The van der Waals surface area contributed by atoms with Crippen LogP contribution in [0, 0.1) is 5.41 Å². The van der Waals surface area contributed by atoms with Gasteiger partial charge in [-0.1, -0.05) is 0 Å². The minimum Gasteiger partial charge on any atom is -0.463 e. The van der Waals surface area contributed by atoms with Crippen molar-refractivity contribution in [3.8, 4) is 0 Å². The Morgan fingerprint density at radius 2 is 1.75 bits per heavy atom. The van der Waals surface area contributed by atoms with E-state index in [1.807, 2.05) is 25.7 Å². The van der Waals surface area contributed by atoms with Gasteiger partial charge in [-0.3, -0.25) is 4.79 Å². The normalized spacial score (nSPS) is 21.6. The zero-order valence-electron chi connectivity index (χ0n) is 15.3. The predicted molar refractivity (Wildman–Crippen MR) is 91.7 cm³/mol. The SMILES string of the molecule is CC(C)OC(=O)CC[C@@H](C)NC(=O)N1CCC2(CCOCC2)CC1. The molecule has 2 aliphatic rings. The van der Waals surface area contributed by atoms with Gasteiger partial charge in [0.05, 0.1) is 6.10 Å². The second kappa shape index (κ2) is 8.70. The average molecular weight is 340 g/mol. The van der Waals surface area contributed by atoms with E-state index in [1.54, 1.807) is 0 Å². The molecule has 0 aromatic carbocycles. The first-order chi connectivity index (χ1) is 11.4. The number of hydrogen-bond acceptors (Lipinski definition) is 4. The van der Waals surface area contributed by atoms with Crippen molar-refractivity contribution in [2.75, 3.05) is 26.3 Å². The summed E-state index contributed by atoms with van der Waals surface area (Å²) in [6.07, 6.45) is 5.23. The van der Waals surface area contributed by atoms with Gasteiger partial charge in [0.1, 0.15) is 0 Å². The Morgan fingerprint density at radius 3 is 2.33 bits per heavy atom. The van der Waals surface area contributed by atoms with Crippen molar-refractivity contribution < 1.29 is 19.1 Å². The summed E-state index contributed by atoms with van der Waals surface area (Å²) in [6, 6.07) is -0.0437. The topological polar surface area (TPSA) is 67.9 Å². The summed E-state index contributed by atoms with van der Waals surface area (Å²) in [5, 5.41) is 3.00. The van der Waals surface area contributed by atoms with Gasteiger partial charge in [0.15, 0.2) is 0 Å². The van der Waals surface area contributed by atoms with Gasteiger partial charge in [-0.25, -0.2) is 4.79 Å². The Balaban J connectivity index is 1.68. The lowest BCUT2D eigenvalue weighted by atomic mass is 9.72. The molecule has 1 atom stereocenters. The van der Waals surface area contributed by atoms with Crippen LogP contribution >= 0.6 is 0 Å². The van der Waals surface area contributed by atoms with Gasteiger partial charge in [0.2, 0.25) is 0 Å². The predicted octanol–water partition coefficient (Wildman–Crippen LogP) is 2.71. The first-order valence-corrected chi connectivity index (χ1v) is 9.23. The van der Waals surface area contributed by atoms with Crippen LogP contribution in [0.2, 0.25) is 0 Å². The number of ether oxygens (including phenoxy) is 2. The van der Waals surface area contributed by atoms with Crippen LogP contribution in [0.15, 0.2) is 0 Å². The van der Waals surface area contributed by atoms with Crippen LogP contribution in [0.5, 0.6) is 0 Å². The number of carbonyl (C=O) groups excluding carboxylic acids is 2. The van der Waals surface area contributed by atoms with Crippen LogP contribution in [-0.2, 0) is 14.3 Å². The van der Waals surface area contributed by atoms with Crippen molar-refractivity contribution in [3.63, 3.8) is 0 Å². The molecule has 138 valence electrons. The maximum Gasteiger partial charge on any atom is 0.317 e. The maximum absolute atomic E-state index is 12.4. The fraction of sp³-hybridized carbons (Fsp3) is 0.889. The molecule has 6 heteroatoms. The van der Waals surface area contributed by atoms with Crippen LogP contribution in [0.25, 0.3) is 0 Å². The van der Waals surface area contributed by atoms with E-state index in [2.05, 4.69) is 5.32 Å². The second-order valence-corrected chi connectivity index (χ2v) is 7.53. The molecule has 24 heavy (non-hydrogen) atoms. The van der Waals surface area contributed by atoms with Crippen LogP contribution in [-0.4, -0.2) is 55.3 Å². The third kappa shape index (κ3) is 5.65. The number of likely N-dealkylation sites (tertiary alicyclic amines) is 1. The highest BCUT2D eigenvalue weighted by Gasteiger charge is 2.37. The van der Waals surface area contributed by atoms with Crippen LogP contribution in [0.4, 0.5) is 4.79 Å². The zero-order chi connectivity index (χ0) is 17.6. The summed E-state index contributed by atoms with van der Waals surface area (Å²) >= 11 is 0. The van der Waals surface area contributed by atoms with Crippen LogP contribution < -0.4 is 5.32 Å². The number of nitrogens with zero attached hydrogens (tertiary/aromatic N) is 1. The Hall–Kier alpha value is -1.30. The van der Waals surface area contributed by atoms with Crippen molar-refractivity contribution in [2.45, 2.75) is 71.4 Å². The molecule has 0 aromatic heterocycles. The van der Waals surface area contributed by atoms with Crippen LogP contribution in [0.1, 0.15) is 59.3 Å². The fourth-order valence-electron chi connectivity index (χ4n) is 3.52. The molecule has 2 amide bonds. The molecule has 2 saturated heterocycles. The quantitative estimate of drug-likeness (QED) is 0.782. The van der Waals surface area contributed by atoms with E-state index in [4.69, 9.17) is 9.47 Å². The standard InChI is InChI=1S/C18H32N2O4/c1-14(2)24-16(21)5-4-15(3)19-17(22)20-10-6-18(7-11-20)8-12-23-13-9-18/h14-15H,4-13H2,1-3H3,(H,19,22)/t15-/m1/s1. The highest BCUT2D eigenvalue weighted by molar-refractivity contribution is 5.75. The number of carbonyl (C=O) groups is 2. The average Bonchev–Trinajstić information content (AvgIpc) is 2.54. The van der Waals surface area contributed by atoms with E-state index in [1.165, 1.54) is 0 Å². The molecule has 1 N–H and O–H groups in total. The van der Waals surface area contributed by atoms with E-state index < -0.39 is 0 Å². The number of hydrogen-bond donors (Lipinski definition) is 1. The highest BCUT2D eigenvalue weighted by Crippen LogP contribution is 2.40. The van der Waals surface area contributed by atoms with Gasteiger partial charge < -0.3 is 19.7 Å². The Bertz CT molecular complexity index is 423. The highest BCUT2D eigenvalue weighted by atomic mass is 16.5. The first-order valence-electron chi connectivity index (χ1n) is 9.23. The summed E-state index contributed by atoms with van der Waals surface area (Å²) in [6.45, 7) is 8.95. The molecule has 2 aliphatic heterocycles.